The molecule has 2 aliphatic rings. The van der Waals surface area contributed by atoms with E-state index in [-0.39, 0.29) is 12.2 Å². The maximum atomic E-state index is 12.6. The van der Waals surface area contributed by atoms with E-state index in [9.17, 15) is 4.79 Å². The van der Waals surface area contributed by atoms with Gasteiger partial charge in [-0.1, -0.05) is 26.2 Å². The van der Waals surface area contributed by atoms with Crippen LogP contribution in [0.2, 0.25) is 0 Å². The molecule has 1 saturated heterocycles. The van der Waals surface area contributed by atoms with Crippen molar-refractivity contribution in [3.05, 3.63) is 21.9 Å². The molecule has 116 valence electrons. The largest absolute Gasteiger partial charge is 0.321 e. The quantitative estimate of drug-likeness (QED) is 0.830. The van der Waals surface area contributed by atoms with E-state index in [1.54, 1.807) is 11.3 Å². The summed E-state index contributed by atoms with van der Waals surface area (Å²) < 4.78 is 0. The first-order chi connectivity index (χ1) is 10.2. The Kier molecular flexibility index (Phi) is 4.65. The lowest BCUT2D eigenvalue weighted by molar-refractivity contribution is -0.130. The number of amides is 1. The fourth-order valence-corrected chi connectivity index (χ4v) is 4.16. The third kappa shape index (κ3) is 3.49. The van der Waals surface area contributed by atoms with Gasteiger partial charge in [0, 0.05) is 16.3 Å². The van der Waals surface area contributed by atoms with Crippen molar-refractivity contribution in [2.75, 3.05) is 6.54 Å². The first-order valence-electron chi connectivity index (χ1n) is 8.32. The molecule has 1 aliphatic heterocycles. The van der Waals surface area contributed by atoms with Crippen molar-refractivity contribution >= 4 is 17.2 Å². The predicted octanol–water partition coefficient (Wildman–Crippen LogP) is 3.85. The minimum atomic E-state index is 0.0170. The van der Waals surface area contributed by atoms with Gasteiger partial charge < -0.3 is 4.90 Å². The van der Waals surface area contributed by atoms with Crippen molar-refractivity contribution in [1.82, 2.24) is 10.2 Å². The fraction of sp³-hybridized carbons (Fsp3) is 0.706. The lowest BCUT2D eigenvalue weighted by atomic mass is 10.1. The van der Waals surface area contributed by atoms with Crippen molar-refractivity contribution < 1.29 is 4.79 Å². The summed E-state index contributed by atoms with van der Waals surface area (Å²) in [5, 5.41) is 3.56. The van der Waals surface area contributed by atoms with Crippen LogP contribution in [0.25, 0.3) is 0 Å². The van der Waals surface area contributed by atoms with Crippen molar-refractivity contribution in [3.63, 3.8) is 0 Å². The second-order valence-corrected chi connectivity index (χ2v) is 7.80. The van der Waals surface area contributed by atoms with E-state index < -0.39 is 0 Å². The number of thiophene rings is 1. The molecule has 0 spiro atoms. The Morgan fingerprint density at radius 1 is 1.33 bits per heavy atom. The summed E-state index contributed by atoms with van der Waals surface area (Å²) in [5.41, 5.74) is 0. The lowest BCUT2D eigenvalue weighted by Gasteiger charge is -2.23. The molecule has 1 N–H and O–H groups in total. The SMILES string of the molecule is CCCC1NC(c2ccc(C)s2)N(CCCC2CC2)C1=O. The van der Waals surface area contributed by atoms with Gasteiger partial charge in [0.2, 0.25) is 5.91 Å². The molecule has 1 aliphatic carbocycles. The highest BCUT2D eigenvalue weighted by Gasteiger charge is 2.39. The van der Waals surface area contributed by atoms with Crippen molar-refractivity contribution in [2.24, 2.45) is 5.92 Å². The molecule has 1 amide bonds. The third-order valence-corrected chi connectivity index (χ3v) is 5.62. The van der Waals surface area contributed by atoms with Gasteiger partial charge in [-0.2, -0.15) is 0 Å². The van der Waals surface area contributed by atoms with Gasteiger partial charge >= 0.3 is 0 Å². The second kappa shape index (κ2) is 6.49. The van der Waals surface area contributed by atoms with E-state index in [2.05, 4.69) is 36.2 Å². The highest BCUT2D eigenvalue weighted by Crippen LogP contribution is 2.35. The summed E-state index contributed by atoms with van der Waals surface area (Å²) >= 11 is 1.81. The Balaban J connectivity index is 1.68. The average Bonchev–Trinajstić information content (AvgIpc) is 3.11. The molecule has 0 aromatic carbocycles. The van der Waals surface area contributed by atoms with Crippen LogP contribution in [-0.4, -0.2) is 23.4 Å². The van der Waals surface area contributed by atoms with E-state index >= 15 is 0 Å². The monoisotopic (exact) mass is 306 g/mol. The molecular weight excluding hydrogens is 280 g/mol. The highest BCUT2D eigenvalue weighted by atomic mass is 32.1. The molecule has 4 heteroatoms. The van der Waals surface area contributed by atoms with Crippen molar-refractivity contribution in [3.8, 4) is 0 Å². The van der Waals surface area contributed by atoms with Crippen molar-refractivity contribution in [2.45, 2.75) is 64.6 Å². The fourth-order valence-electron chi connectivity index (χ4n) is 3.21. The maximum absolute atomic E-state index is 12.6. The van der Waals surface area contributed by atoms with E-state index in [0.29, 0.717) is 5.91 Å². The number of nitrogens with zero attached hydrogens (tertiary/aromatic N) is 1. The van der Waals surface area contributed by atoms with E-state index in [1.807, 2.05) is 0 Å². The smallest absolute Gasteiger partial charge is 0.241 e. The van der Waals surface area contributed by atoms with Crippen LogP contribution in [-0.2, 0) is 4.79 Å². The van der Waals surface area contributed by atoms with Crippen LogP contribution in [0.1, 0.15) is 61.4 Å². The van der Waals surface area contributed by atoms with Gasteiger partial charge in [0.15, 0.2) is 0 Å². The van der Waals surface area contributed by atoms with E-state index in [0.717, 1.165) is 31.7 Å². The molecule has 1 aromatic rings. The summed E-state index contributed by atoms with van der Waals surface area (Å²) in [4.78, 5) is 17.3. The number of aryl methyl sites for hydroxylation is 1. The number of carbonyl (C=O) groups is 1. The molecule has 21 heavy (non-hydrogen) atoms. The van der Waals surface area contributed by atoms with Crippen LogP contribution < -0.4 is 5.32 Å². The van der Waals surface area contributed by atoms with Gasteiger partial charge in [-0.15, -0.1) is 11.3 Å². The summed E-state index contributed by atoms with van der Waals surface area (Å²) in [5.74, 6) is 1.26. The molecule has 0 bridgehead atoms. The average molecular weight is 306 g/mol. The van der Waals surface area contributed by atoms with Crippen molar-refractivity contribution in [1.29, 1.82) is 0 Å². The minimum absolute atomic E-state index is 0.0170. The Bertz CT molecular complexity index is 495. The molecular formula is C17H26N2OS. The van der Waals surface area contributed by atoms with Crippen LogP contribution in [0.3, 0.4) is 0 Å². The normalized spacial score (nSPS) is 25.8. The molecule has 2 atom stereocenters. The van der Waals surface area contributed by atoms with Gasteiger partial charge in [0.1, 0.15) is 6.17 Å². The first-order valence-corrected chi connectivity index (χ1v) is 9.13. The van der Waals surface area contributed by atoms with Crippen LogP contribution in [0.15, 0.2) is 12.1 Å². The Labute approximate surface area is 131 Å². The van der Waals surface area contributed by atoms with Gasteiger partial charge in [-0.3, -0.25) is 10.1 Å². The minimum Gasteiger partial charge on any atom is -0.321 e. The summed E-state index contributed by atoms with van der Waals surface area (Å²) in [7, 11) is 0. The molecule has 1 saturated carbocycles. The van der Waals surface area contributed by atoms with E-state index in [4.69, 9.17) is 0 Å². The summed E-state index contributed by atoms with van der Waals surface area (Å²) in [6, 6.07) is 4.35. The van der Waals surface area contributed by atoms with E-state index in [1.165, 1.54) is 29.0 Å². The lowest BCUT2D eigenvalue weighted by Crippen LogP contribution is -2.31. The zero-order valence-corrected chi connectivity index (χ0v) is 13.9. The molecule has 1 aromatic heterocycles. The zero-order chi connectivity index (χ0) is 14.8. The van der Waals surface area contributed by atoms with Gasteiger partial charge in [-0.05, 0) is 44.2 Å². The summed E-state index contributed by atoms with van der Waals surface area (Å²) in [6.45, 7) is 5.19. The second-order valence-electron chi connectivity index (χ2n) is 6.48. The molecule has 3 rings (SSSR count). The van der Waals surface area contributed by atoms with Crippen LogP contribution in [0.4, 0.5) is 0 Å². The third-order valence-electron chi connectivity index (χ3n) is 4.57. The molecule has 3 nitrogen and oxygen atoms in total. The number of nitrogens with one attached hydrogen (secondary N) is 1. The van der Waals surface area contributed by atoms with Crippen LogP contribution in [0.5, 0.6) is 0 Å². The molecule has 2 heterocycles. The Morgan fingerprint density at radius 3 is 2.76 bits per heavy atom. The van der Waals surface area contributed by atoms with Gasteiger partial charge in [0.05, 0.1) is 6.04 Å². The summed E-state index contributed by atoms with van der Waals surface area (Å²) in [6.07, 6.45) is 7.34. The molecule has 2 fully saturated rings. The number of rotatable bonds is 7. The van der Waals surface area contributed by atoms with Crippen LogP contribution in [0, 0.1) is 12.8 Å². The molecule has 2 unspecified atom stereocenters. The first kappa shape index (κ1) is 15.0. The number of hydrogen-bond acceptors (Lipinski definition) is 3. The Hall–Kier alpha value is -0.870. The number of carbonyl (C=O) groups excluding carboxylic acids is 1. The van der Waals surface area contributed by atoms with Gasteiger partial charge in [-0.25, -0.2) is 0 Å². The Morgan fingerprint density at radius 2 is 2.14 bits per heavy atom. The topological polar surface area (TPSA) is 32.3 Å². The standard InChI is InChI=1S/C17H26N2OS/c1-3-5-14-17(20)19(11-4-6-13-8-9-13)16(18-14)15-10-7-12(2)21-15/h7,10,13-14,16,18H,3-6,8-9,11H2,1-2H3. The highest BCUT2D eigenvalue weighted by molar-refractivity contribution is 7.12. The maximum Gasteiger partial charge on any atom is 0.241 e. The predicted molar refractivity (Wildman–Crippen MR) is 87.3 cm³/mol. The van der Waals surface area contributed by atoms with Crippen LogP contribution >= 0.6 is 11.3 Å². The number of hydrogen-bond donors (Lipinski definition) is 1. The van der Waals surface area contributed by atoms with Gasteiger partial charge in [0.25, 0.3) is 0 Å². The zero-order valence-electron chi connectivity index (χ0n) is 13.1. The molecule has 0 radical (unpaired) electrons.